The number of hydrogen-bond donors (Lipinski definition) is 1. The second kappa shape index (κ2) is 11.0. The molecule has 0 aromatic carbocycles. The quantitative estimate of drug-likeness (QED) is 0.240. The summed E-state index contributed by atoms with van der Waals surface area (Å²) >= 11 is 36.9. The summed E-state index contributed by atoms with van der Waals surface area (Å²) in [5, 5.41) is 5.40. The van der Waals surface area contributed by atoms with Gasteiger partial charge in [-0.15, -0.1) is 11.3 Å². The number of aromatic nitrogens is 1. The fourth-order valence-electron chi connectivity index (χ4n) is 2.09. The number of carbonyl (C=O) groups is 1. The maximum absolute atomic E-state index is 12.5. The number of allylic oxidation sites excluding steroid dienone is 1. The number of thiazole rings is 1. The summed E-state index contributed by atoms with van der Waals surface area (Å²) in [6.45, 7) is 3.54. The van der Waals surface area contributed by atoms with E-state index in [1.165, 1.54) is 24.5 Å². The highest BCUT2D eigenvalue weighted by Crippen LogP contribution is 2.40. The molecule has 0 spiro atoms. The topological polar surface area (TPSA) is 51.2 Å². The molecule has 0 bridgehead atoms. The normalized spacial score (nSPS) is 16.6. The third-order valence-electron chi connectivity index (χ3n) is 3.83. The Balaban J connectivity index is 2.89. The van der Waals surface area contributed by atoms with E-state index in [9.17, 15) is 4.79 Å². The zero-order valence-corrected chi connectivity index (χ0v) is 20.2. The second-order valence-corrected chi connectivity index (χ2v) is 11.7. The Morgan fingerprint density at radius 1 is 1.22 bits per heavy atom. The molecule has 0 saturated carbocycles. The van der Waals surface area contributed by atoms with Crippen molar-refractivity contribution in [3.05, 3.63) is 28.4 Å². The van der Waals surface area contributed by atoms with Gasteiger partial charge in [0.15, 0.2) is 7.59 Å². The standard InChI is InChI=1S/C16H20Cl6N2O2S/c1-9(15(17,18)19)6-11(26-3)8-13(25)24-12(14-23-4-5-27-14)7-10(2)16(20,21)22/h4-5,8-10,12H,6-7H2,1-3H3,(H,24,25)/b11-8+. The first kappa shape index (κ1) is 25.4. The van der Waals surface area contributed by atoms with Crippen LogP contribution < -0.4 is 5.32 Å². The van der Waals surface area contributed by atoms with Gasteiger partial charge in [-0.2, -0.15) is 0 Å². The number of halogens is 6. The van der Waals surface area contributed by atoms with E-state index in [-0.39, 0.29) is 24.2 Å². The Kier molecular flexibility index (Phi) is 10.3. The monoisotopic (exact) mass is 514 g/mol. The molecule has 1 heterocycles. The van der Waals surface area contributed by atoms with Crippen LogP contribution >= 0.6 is 80.9 Å². The van der Waals surface area contributed by atoms with Gasteiger partial charge in [0.25, 0.3) is 0 Å². The van der Waals surface area contributed by atoms with Crippen molar-refractivity contribution in [2.45, 2.75) is 40.3 Å². The molecule has 27 heavy (non-hydrogen) atoms. The lowest BCUT2D eigenvalue weighted by atomic mass is 10.0. The van der Waals surface area contributed by atoms with Crippen LogP contribution in [0.15, 0.2) is 23.4 Å². The van der Waals surface area contributed by atoms with Crippen molar-refractivity contribution in [3.63, 3.8) is 0 Å². The zero-order chi connectivity index (χ0) is 20.8. The van der Waals surface area contributed by atoms with E-state index in [0.29, 0.717) is 17.2 Å². The molecule has 3 atom stereocenters. The van der Waals surface area contributed by atoms with Crippen LogP contribution in [0, 0.1) is 11.8 Å². The summed E-state index contributed by atoms with van der Waals surface area (Å²) in [6, 6.07) is -0.414. The van der Waals surface area contributed by atoms with Crippen LogP contribution in [0.4, 0.5) is 0 Å². The lowest BCUT2D eigenvalue weighted by Gasteiger charge is -2.25. The number of amides is 1. The lowest BCUT2D eigenvalue weighted by molar-refractivity contribution is -0.117. The smallest absolute Gasteiger partial charge is 0.247 e. The molecule has 0 aliphatic carbocycles. The maximum atomic E-state index is 12.5. The first-order valence-electron chi connectivity index (χ1n) is 7.92. The molecule has 154 valence electrons. The van der Waals surface area contributed by atoms with E-state index in [1.807, 2.05) is 5.38 Å². The Morgan fingerprint density at radius 3 is 2.26 bits per heavy atom. The molecule has 1 amide bonds. The van der Waals surface area contributed by atoms with Gasteiger partial charge < -0.3 is 10.1 Å². The molecule has 0 aliphatic heterocycles. The number of alkyl halides is 6. The fraction of sp³-hybridized carbons (Fsp3) is 0.625. The van der Waals surface area contributed by atoms with Crippen molar-refractivity contribution in [1.82, 2.24) is 10.3 Å². The SMILES string of the molecule is CO/C(=C/C(=O)NC(CC(C)C(Cl)(Cl)Cl)c1nccs1)CC(C)C(Cl)(Cl)Cl. The van der Waals surface area contributed by atoms with Crippen molar-refractivity contribution in [1.29, 1.82) is 0 Å². The minimum Gasteiger partial charge on any atom is -0.501 e. The van der Waals surface area contributed by atoms with Crippen LogP contribution in [0.25, 0.3) is 0 Å². The maximum Gasteiger partial charge on any atom is 0.247 e. The molecule has 1 aromatic rings. The highest BCUT2D eigenvalue weighted by molar-refractivity contribution is 7.09. The van der Waals surface area contributed by atoms with Crippen molar-refractivity contribution >= 4 is 86.8 Å². The van der Waals surface area contributed by atoms with Crippen molar-refractivity contribution < 1.29 is 9.53 Å². The number of rotatable bonds is 8. The van der Waals surface area contributed by atoms with Crippen LogP contribution in [-0.2, 0) is 9.53 Å². The van der Waals surface area contributed by atoms with E-state index in [4.69, 9.17) is 74.3 Å². The third-order valence-corrected chi connectivity index (χ3v) is 6.96. The molecule has 3 unspecified atom stereocenters. The number of nitrogens with zero attached hydrogens (tertiary/aromatic N) is 1. The Morgan fingerprint density at radius 2 is 1.81 bits per heavy atom. The largest absolute Gasteiger partial charge is 0.501 e. The molecule has 11 heteroatoms. The van der Waals surface area contributed by atoms with Crippen LogP contribution in [-0.4, -0.2) is 25.6 Å². The van der Waals surface area contributed by atoms with Crippen LogP contribution in [0.3, 0.4) is 0 Å². The van der Waals surface area contributed by atoms with E-state index in [0.717, 1.165) is 0 Å². The first-order chi connectivity index (χ1) is 12.3. The third kappa shape index (κ3) is 9.16. The van der Waals surface area contributed by atoms with Crippen LogP contribution in [0.1, 0.15) is 37.7 Å². The first-order valence-corrected chi connectivity index (χ1v) is 11.1. The summed E-state index contributed by atoms with van der Waals surface area (Å²) in [5.41, 5.74) is 0. The molecule has 0 aliphatic rings. The minimum absolute atomic E-state index is 0.285. The molecule has 1 N–H and O–H groups in total. The molecule has 0 radical (unpaired) electrons. The van der Waals surface area contributed by atoms with Gasteiger partial charge in [0.2, 0.25) is 5.91 Å². The molecule has 1 rings (SSSR count). The number of methoxy groups -OCH3 is 1. The predicted molar refractivity (Wildman–Crippen MR) is 116 cm³/mol. The van der Waals surface area contributed by atoms with Crippen LogP contribution in [0.5, 0.6) is 0 Å². The average molecular weight is 517 g/mol. The summed E-state index contributed by atoms with van der Waals surface area (Å²) in [6.07, 6.45) is 3.66. The zero-order valence-electron chi connectivity index (χ0n) is 14.8. The molecule has 0 saturated heterocycles. The predicted octanol–water partition coefficient (Wildman–Crippen LogP) is 6.62. The Bertz CT molecular complexity index is 628. The Labute approximate surface area is 193 Å². The van der Waals surface area contributed by atoms with Crippen molar-refractivity contribution in [2.24, 2.45) is 11.8 Å². The van der Waals surface area contributed by atoms with E-state index >= 15 is 0 Å². The lowest BCUT2D eigenvalue weighted by Crippen LogP contribution is -2.31. The number of carbonyl (C=O) groups excluding carboxylic acids is 1. The fourth-order valence-corrected chi connectivity index (χ4v) is 3.29. The highest BCUT2D eigenvalue weighted by atomic mass is 35.6. The van der Waals surface area contributed by atoms with Crippen molar-refractivity contribution in [3.8, 4) is 0 Å². The van der Waals surface area contributed by atoms with Gasteiger partial charge in [-0.25, -0.2) is 4.98 Å². The van der Waals surface area contributed by atoms with Gasteiger partial charge in [-0.1, -0.05) is 83.5 Å². The summed E-state index contributed by atoms with van der Waals surface area (Å²) in [5.74, 6) is -0.647. The van der Waals surface area contributed by atoms with Gasteiger partial charge >= 0.3 is 0 Å². The highest BCUT2D eigenvalue weighted by Gasteiger charge is 2.33. The van der Waals surface area contributed by atoms with Gasteiger partial charge in [0.1, 0.15) is 10.8 Å². The van der Waals surface area contributed by atoms with Gasteiger partial charge in [0, 0.05) is 35.9 Å². The van der Waals surface area contributed by atoms with Crippen LogP contribution in [0.2, 0.25) is 0 Å². The Hall–Kier alpha value is 0.380. The summed E-state index contributed by atoms with van der Waals surface area (Å²) in [7, 11) is 1.45. The average Bonchev–Trinajstić information content (AvgIpc) is 3.05. The molecule has 1 aromatic heterocycles. The molecule has 4 nitrogen and oxygen atoms in total. The van der Waals surface area contributed by atoms with E-state index < -0.39 is 13.6 Å². The van der Waals surface area contributed by atoms with E-state index in [2.05, 4.69) is 10.3 Å². The molecular weight excluding hydrogens is 497 g/mol. The number of nitrogens with one attached hydrogen (secondary N) is 1. The minimum atomic E-state index is -1.46. The van der Waals surface area contributed by atoms with E-state index in [1.54, 1.807) is 20.0 Å². The number of hydrogen-bond acceptors (Lipinski definition) is 4. The summed E-state index contributed by atoms with van der Waals surface area (Å²) in [4.78, 5) is 16.7. The molecule has 0 fully saturated rings. The molecular formula is C16H20Cl6N2O2S. The van der Waals surface area contributed by atoms with Gasteiger partial charge in [-0.05, 0) is 6.42 Å². The second-order valence-electron chi connectivity index (χ2n) is 6.07. The number of ether oxygens (including phenoxy) is 1. The van der Waals surface area contributed by atoms with Gasteiger partial charge in [0.05, 0.1) is 13.2 Å². The van der Waals surface area contributed by atoms with Gasteiger partial charge in [-0.3, -0.25) is 4.79 Å². The van der Waals surface area contributed by atoms with Crippen molar-refractivity contribution in [2.75, 3.05) is 7.11 Å². The summed E-state index contributed by atoms with van der Waals surface area (Å²) < 4.78 is 2.33.